The molecule has 1 saturated heterocycles. The Labute approximate surface area is 67.4 Å². The Kier molecular flexibility index (Phi) is 5.43. The summed E-state index contributed by atoms with van der Waals surface area (Å²) in [6.45, 7) is 4.74. The monoisotopic (exact) mass is 157 g/mol. The van der Waals surface area contributed by atoms with Gasteiger partial charge in [-0.25, -0.2) is 0 Å². The van der Waals surface area contributed by atoms with Gasteiger partial charge < -0.3 is 9.69 Å². The van der Waals surface area contributed by atoms with Crippen LogP contribution >= 0.6 is 0 Å². The topological polar surface area (TPSA) is 37.4 Å². The summed E-state index contributed by atoms with van der Waals surface area (Å²) in [7, 11) is 0. The molecule has 1 aliphatic rings. The predicted molar refractivity (Wildman–Crippen MR) is 43.2 cm³/mol. The lowest BCUT2D eigenvalue weighted by Crippen LogP contribution is -2.28. The predicted octanol–water partition coefficient (Wildman–Crippen LogP) is 0.832. The molecule has 0 saturated carbocycles. The van der Waals surface area contributed by atoms with Gasteiger partial charge in [0, 0.05) is 6.54 Å². The molecule has 1 unspecified atom stereocenters. The number of hydrogen-bond donors (Lipinski definition) is 0. The van der Waals surface area contributed by atoms with Gasteiger partial charge in [0.05, 0.1) is 6.04 Å². The maximum atomic E-state index is 10.2. The van der Waals surface area contributed by atoms with Crippen molar-refractivity contribution in [3.05, 3.63) is 0 Å². The van der Waals surface area contributed by atoms with Gasteiger partial charge in [-0.2, -0.15) is 0 Å². The van der Waals surface area contributed by atoms with Crippen molar-refractivity contribution in [1.82, 2.24) is 4.90 Å². The first-order chi connectivity index (χ1) is 5.38. The summed E-state index contributed by atoms with van der Waals surface area (Å²) in [6, 6.07) is -0.137. The van der Waals surface area contributed by atoms with Crippen molar-refractivity contribution in [2.45, 2.75) is 32.7 Å². The van der Waals surface area contributed by atoms with Crippen LogP contribution in [0.15, 0.2) is 0 Å². The highest BCUT2D eigenvalue weighted by molar-refractivity contribution is 5.64. The molecule has 0 bridgehead atoms. The van der Waals surface area contributed by atoms with Crippen molar-refractivity contribution in [1.29, 1.82) is 0 Å². The van der Waals surface area contributed by atoms with Crippen LogP contribution in [-0.2, 0) is 9.59 Å². The molecule has 0 aromatic heterocycles. The average Bonchev–Trinajstić information content (AvgIpc) is 2.54. The van der Waals surface area contributed by atoms with Crippen molar-refractivity contribution in [3.63, 3.8) is 0 Å². The molecule has 1 atom stereocenters. The molecule has 3 heteroatoms. The molecule has 0 aliphatic carbocycles. The fraction of sp³-hybridized carbons (Fsp3) is 0.750. The quantitative estimate of drug-likeness (QED) is 0.557. The Morgan fingerprint density at radius 3 is 2.36 bits per heavy atom. The third-order valence-corrected chi connectivity index (χ3v) is 1.63. The van der Waals surface area contributed by atoms with E-state index in [2.05, 4.69) is 0 Å². The average molecular weight is 157 g/mol. The number of amides is 1. The molecule has 3 nitrogen and oxygen atoms in total. The molecule has 0 spiro atoms. The zero-order valence-electron chi connectivity index (χ0n) is 7.12. The molecule has 1 amide bonds. The molecule has 0 radical (unpaired) electrons. The van der Waals surface area contributed by atoms with Crippen LogP contribution in [0.25, 0.3) is 0 Å². The number of carbonyl (C=O) groups is 2. The van der Waals surface area contributed by atoms with E-state index in [1.54, 1.807) is 0 Å². The van der Waals surface area contributed by atoms with Crippen LogP contribution in [0.5, 0.6) is 0 Å². The molecular weight excluding hydrogens is 142 g/mol. The van der Waals surface area contributed by atoms with Crippen LogP contribution in [-0.4, -0.2) is 30.2 Å². The smallest absolute Gasteiger partial charge is 0.210 e. The van der Waals surface area contributed by atoms with Gasteiger partial charge in [0.25, 0.3) is 0 Å². The highest BCUT2D eigenvalue weighted by atomic mass is 16.1. The van der Waals surface area contributed by atoms with E-state index < -0.39 is 0 Å². The Morgan fingerprint density at radius 2 is 2.00 bits per heavy atom. The Hall–Kier alpha value is -0.860. The zero-order valence-corrected chi connectivity index (χ0v) is 7.12. The van der Waals surface area contributed by atoms with E-state index in [9.17, 15) is 9.59 Å². The SMILES string of the molecule is CC.O=CC1CCCN1C=O. The number of likely N-dealkylation sites (tertiary alicyclic amines) is 1. The lowest BCUT2D eigenvalue weighted by molar-refractivity contribution is -0.123. The molecule has 0 N–H and O–H groups in total. The van der Waals surface area contributed by atoms with Crippen molar-refractivity contribution < 1.29 is 9.59 Å². The Morgan fingerprint density at radius 1 is 1.36 bits per heavy atom. The minimum atomic E-state index is -0.137. The molecule has 11 heavy (non-hydrogen) atoms. The lowest BCUT2D eigenvalue weighted by atomic mass is 10.2. The van der Waals surface area contributed by atoms with Gasteiger partial charge in [0.15, 0.2) is 0 Å². The van der Waals surface area contributed by atoms with Crippen molar-refractivity contribution in [3.8, 4) is 0 Å². The minimum absolute atomic E-state index is 0.137. The number of rotatable bonds is 2. The second kappa shape index (κ2) is 5.89. The Bertz CT molecular complexity index is 111. The van der Waals surface area contributed by atoms with Crippen molar-refractivity contribution in [2.24, 2.45) is 0 Å². The third-order valence-electron chi connectivity index (χ3n) is 1.63. The van der Waals surface area contributed by atoms with Gasteiger partial charge in [-0.15, -0.1) is 0 Å². The summed E-state index contributed by atoms with van der Waals surface area (Å²) in [4.78, 5) is 21.9. The van der Waals surface area contributed by atoms with Gasteiger partial charge in [-0.3, -0.25) is 4.79 Å². The van der Waals surface area contributed by atoms with Gasteiger partial charge in [-0.1, -0.05) is 13.8 Å². The first kappa shape index (κ1) is 10.1. The summed E-state index contributed by atoms with van der Waals surface area (Å²) in [5.74, 6) is 0. The maximum absolute atomic E-state index is 10.2. The second-order valence-electron chi connectivity index (χ2n) is 2.19. The molecule has 0 aromatic rings. The first-order valence-corrected chi connectivity index (χ1v) is 4.05. The second-order valence-corrected chi connectivity index (χ2v) is 2.19. The van der Waals surface area contributed by atoms with Gasteiger partial charge in [0.2, 0.25) is 6.41 Å². The minimum Gasteiger partial charge on any atom is -0.336 e. The highest BCUT2D eigenvalue weighted by Crippen LogP contribution is 2.11. The zero-order chi connectivity index (χ0) is 8.69. The molecule has 1 rings (SSSR count). The fourth-order valence-corrected chi connectivity index (χ4v) is 1.09. The third kappa shape index (κ3) is 2.70. The first-order valence-electron chi connectivity index (χ1n) is 4.05. The molecular formula is C8H15NO2. The van der Waals surface area contributed by atoms with E-state index in [1.807, 2.05) is 13.8 Å². The standard InChI is InChI=1S/C6H9NO2.C2H6/c8-4-6-2-1-3-7(6)5-9;1-2/h4-6H,1-3H2;1-2H3. The normalized spacial score (nSPS) is 22.0. The van der Waals surface area contributed by atoms with Crippen LogP contribution in [0, 0.1) is 0 Å². The summed E-state index contributed by atoms with van der Waals surface area (Å²) in [6.07, 6.45) is 3.37. The summed E-state index contributed by atoms with van der Waals surface area (Å²) < 4.78 is 0. The molecule has 1 aliphatic heterocycles. The molecule has 64 valence electrons. The van der Waals surface area contributed by atoms with E-state index >= 15 is 0 Å². The number of aldehydes is 1. The van der Waals surface area contributed by atoms with Gasteiger partial charge in [-0.05, 0) is 12.8 Å². The summed E-state index contributed by atoms with van der Waals surface area (Å²) in [5.41, 5.74) is 0. The maximum Gasteiger partial charge on any atom is 0.210 e. The van der Waals surface area contributed by atoms with E-state index in [1.165, 1.54) is 4.90 Å². The van der Waals surface area contributed by atoms with Crippen LogP contribution < -0.4 is 0 Å². The van der Waals surface area contributed by atoms with Crippen LogP contribution in [0.2, 0.25) is 0 Å². The largest absolute Gasteiger partial charge is 0.336 e. The Balaban J connectivity index is 0.000000461. The molecule has 1 heterocycles. The van der Waals surface area contributed by atoms with Crippen LogP contribution in [0.3, 0.4) is 0 Å². The van der Waals surface area contributed by atoms with Gasteiger partial charge in [0.1, 0.15) is 6.29 Å². The van der Waals surface area contributed by atoms with Crippen LogP contribution in [0.4, 0.5) is 0 Å². The van der Waals surface area contributed by atoms with E-state index in [-0.39, 0.29) is 6.04 Å². The number of carbonyl (C=O) groups excluding carboxylic acids is 2. The summed E-state index contributed by atoms with van der Waals surface area (Å²) >= 11 is 0. The number of hydrogen-bond acceptors (Lipinski definition) is 2. The van der Waals surface area contributed by atoms with Crippen molar-refractivity contribution >= 4 is 12.7 Å². The van der Waals surface area contributed by atoms with Gasteiger partial charge >= 0.3 is 0 Å². The lowest BCUT2D eigenvalue weighted by Gasteiger charge is -2.11. The van der Waals surface area contributed by atoms with Crippen LogP contribution in [0.1, 0.15) is 26.7 Å². The molecule has 1 fully saturated rings. The summed E-state index contributed by atoms with van der Waals surface area (Å²) in [5, 5.41) is 0. The number of nitrogens with zero attached hydrogens (tertiary/aromatic N) is 1. The fourth-order valence-electron chi connectivity index (χ4n) is 1.09. The highest BCUT2D eigenvalue weighted by Gasteiger charge is 2.21. The molecule has 0 aromatic carbocycles. The van der Waals surface area contributed by atoms with E-state index in [0.717, 1.165) is 32.1 Å². The van der Waals surface area contributed by atoms with E-state index in [4.69, 9.17) is 0 Å². The van der Waals surface area contributed by atoms with Crippen molar-refractivity contribution in [2.75, 3.05) is 6.54 Å². The van der Waals surface area contributed by atoms with E-state index in [0.29, 0.717) is 0 Å².